The van der Waals surface area contributed by atoms with E-state index in [-0.39, 0.29) is 0 Å². The first-order chi connectivity index (χ1) is 10.5. The summed E-state index contributed by atoms with van der Waals surface area (Å²) in [5.74, 6) is -0.188. The molecule has 7 nitrogen and oxygen atoms in total. The van der Waals surface area contributed by atoms with E-state index in [2.05, 4.69) is 4.98 Å². The van der Waals surface area contributed by atoms with Gasteiger partial charge >= 0.3 is 5.69 Å². The minimum absolute atomic E-state index is 0.294. The molecule has 2 heterocycles. The molecule has 1 saturated heterocycles. The van der Waals surface area contributed by atoms with Crippen molar-refractivity contribution in [3.8, 4) is 11.3 Å². The number of hydrogen-bond donors (Lipinski definition) is 3. The quantitative estimate of drug-likeness (QED) is 0.610. The maximum Gasteiger partial charge on any atom is 0.351 e. The molecule has 1 aliphatic rings. The first-order valence-electron chi connectivity index (χ1n) is 6.44. The summed E-state index contributed by atoms with van der Waals surface area (Å²) >= 11 is 5.13. The largest absolute Gasteiger partial charge is 0.394 e. The summed E-state index contributed by atoms with van der Waals surface area (Å²) in [5.41, 5.74) is 0.754. The van der Waals surface area contributed by atoms with E-state index in [9.17, 15) is 23.8 Å². The Morgan fingerprint density at radius 2 is 2.43 bits per heavy atom. The zero-order valence-corrected chi connectivity index (χ0v) is 10.9. The second kappa shape index (κ2) is 5.57. The molecule has 21 heavy (non-hydrogen) atoms. The number of halogens is 3. The molecule has 0 saturated carbocycles. The maximum atomic E-state index is 15.0. The summed E-state index contributed by atoms with van der Waals surface area (Å²) in [6.07, 6.45) is -6.11. The topological polar surface area (TPSA) is 111 Å². The Morgan fingerprint density at radius 3 is 3.00 bits per heavy atom. The molecule has 1 aromatic rings. The van der Waals surface area contributed by atoms with Crippen molar-refractivity contribution in [1.82, 2.24) is 9.55 Å². The predicted molar refractivity (Wildman–Crippen MR) is 67.3 cm³/mol. The molecule has 1 aromatic heterocycles. The Labute approximate surface area is 124 Å². The van der Waals surface area contributed by atoms with Crippen LogP contribution in [-0.2, 0) is 4.74 Å². The molecule has 4 N–H and O–H groups in total. The lowest BCUT2D eigenvalue weighted by atomic mass is 9.97. The van der Waals surface area contributed by atoms with Gasteiger partial charge in [-0.15, -0.1) is 0 Å². The minimum Gasteiger partial charge on any atom is -0.394 e. The van der Waals surface area contributed by atoms with Gasteiger partial charge in [-0.1, -0.05) is 0 Å². The summed E-state index contributed by atoms with van der Waals surface area (Å²) in [5, 5.41) is 20.9. The molecular weight excluding hydrogens is 312 g/mol. The number of nitrogens with two attached hydrogens (primary N) is 1. The second-order valence-electron chi connectivity index (χ2n) is 4.13. The molecule has 1 unspecified atom stereocenters. The van der Waals surface area contributed by atoms with Crippen LogP contribution in [-0.4, -0.2) is 44.2 Å². The monoisotopic (exact) mass is 323 g/mol. The molecule has 0 amide bonds. The lowest BCUT2D eigenvalue weighted by Crippen LogP contribution is -2.44. The van der Waals surface area contributed by atoms with Crippen molar-refractivity contribution in [1.29, 1.82) is 0 Å². The van der Waals surface area contributed by atoms with Crippen LogP contribution in [0.25, 0.3) is 0 Å². The van der Waals surface area contributed by atoms with Gasteiger partial charge in [-0.25, -0.2) is 13.6 Å². The van der Waals surface area contributed by atoms with Crippen LogP contribution >= 0.6 is 11.6 Å². The fourth-order valence-electron chi connectivity index (χ4n) is 1.88. The summed E-state index contributed by atoms with van der Waals surface area (Å²) in [6.45, 7) is -3.18. The predicted octanol–water partition coefficient (Wildman–Crippen LogP) is -0.877. The number of aliphatic hydroxyl groups is 2. The summed E-state index contributed by atoms with van der Waals surface area (Å²) in [4.78, 5) is 14.9. The smallest absolute Gasteiger partial charge is 0.351 e. The van der Waals surface area contributed by atoms with Crippen LogP contribution in [0.2, 0.25) is 0 Å². The van der Waals surface area contributed by atoms with E-state index in [4.69, 9.17) is 24.8 Å². The van der Waals surface area contributed by atoms with Gasteiger partial charge in [0.15, 0.2) is 17.9 Å². The molecule has 1 fully saturated rings. The van der Waals surface area contributed by atoms with E-state index >= 15 is 0 Å². The molecular formula is C11H10ClF2N3O4. The van der Waals surface area contributed by atoms with Gasteiger partial charge in [0.2, 0.25) is 5.67 Å². The molecule has 0 spiro atoms. The highest BCUT2D eigenvalue weighted by atomic mass is 35.5. The third kappa shape index (κ3) is 2.47. The van der Waals surface area contributed by atoms with Gasteiger partial charge in [0.05, 0.1) is 15.5 Å². The van der Waals surface area contributed by atoms with Crippen molar-refractivity contribution in [2.75, 3.05) is 12.3 Å². The van der Waals surface area contributed by atoms with Gasteiger partial charge in [0.25, 0.3) is 0 Å². The molecule has 114 valence electrons. The number of anilines is 1. The van der Waals surface area contributed by atoms with E-state index in [1.165, 1.54) is 0 Å². The molecule has 0 bridgehead atoms. The number of aromatic nitrogens is 2. The van der Waals surface area contributed by atoms with Crippen LogP contribution in [0.1, 0.15) is 8.97 Å². The van der Waals surface area contributed by atoms with Crippen molar-refractivity contribution in [3.05, 3.63) is 22.5 Å². The molecule has 0 aliphatic carbocycles. The highest BCUT2D eigenvalue weighted by Crippen LogP contribution is 2.40. The highest BCUT2D eigenvalue weighted by Gasteiger charge is 2.58. The summed E-state index contributed by atoms with van der Waals surface area (Å²) in [6, 6.07) is 0. The Bertz CT molecular complexity index is 748. The summed E-state index contributed by atoms with van der Waals surface area (Å²) < 4.78 is 48.0. The first kappa shape index (κ1) is 13.0. The van der Waals surface area contributed by atoms with Crippen molar-refractivity contribution >= 4 is 17.4 Å². The van der Waals surface area contributed by atoms with Crippen LogP contribution in [0.5, 0.6) is 0 Å². The van der Waals surface area contributed by atoms with Gasteiger partial charge in [-0.3, -0.25) is 4.57 Å². The number of nitrogens with zero attached hydrogens (tertiary/aromatic N) is 2. The van der Waals surface area contributed by atoms with Gasteiger partial charge in [0.1, 0.15) is 12.2 Å². The fourth-order valence-corrected chi connectivity index (χ4v) is 2.03. The number of nitrogen functional groups attached to an aromatic ring is 1. The standard InChI is InChI=1S/C11H10ClF2N3O4/c12-2-1-11(14)7(19)6(4-18)21-9(11)17-3-5(13)8(15)16-10(17)20/h3,6-7,9,18-19H,4H2,(H2,15,16,20)/t6-,7+,9-,11?/m1/s1/i4D2. The SMILES string of the molecule is [2H]C([2H])(O)[C@H]1O[C@@H](n2cc(F)c(N)nc2=O)C(F)(C#CCl)[C@H]1O. The maximum absolute atomic E-state index is 15.0. The summed E-state index contributed by atoms with van der Waals surface area (Å²) in [7, 11) is 0. The van der Waals surface area contributed by atoms with Gasteiger partial charge in [-0.2, -0.15) is 4.98 Å². The van der Waals surface area contributed by atoms with E-state index in [0.717, 1.165) is 0 Å². The Hall–Kier alpha value is -1.73. The van der Waals surface area contributed by atoms with E-state index < -0.39 is 48.0 Å². The van der Waals surface area contributed by atoms with Crippen LogP contribution in [0, 0.1) is 17.1 Å². The average molecular weight is 324 g/mol. The number of aliphatic hydroxyl groups excluding tert-OH is 1. The molecule has 10 heteroatoms. The average Bonchev–Trinajstić information content (AvgIpc) is 2.67. The van der Waals surface area contributed by atoms with Crippen LogP contribution < -0.4 is 11.4 Å². The van der Waals surface area contributed by atoms with Crippen molar-refractivity contribution in [2.45, 2.75) is 24.1 Å². The van der Waals surface area contributed by atoms with Crippen LogP contribution in [0.4, 0.5) is 14.6 Å². The van der Waals surface area contributed by atoms with E-state index in [1.54, 1.807) is 11.3 Å². The minimum atomic E-state index is -3.18. The number of ether oxygens (including phenoxy) is 1. The molecule has 4 atom stereocenters. The van der Waals surface area contributed by atoms with E-state index in [0.29, 0.717) is 10.8 Å². The normalized spacial score (nSPS) is 33.9. The second-order valence-corrected chi connectivity index (χ2v) is 4.32. The molecule has 1 aliphatic heterocycles. The fraction of sp³-hybridized carbons (Fsp3) is 0.455. The Balaban J connectivity index is 2.62. The van der Waals surface area contributed by atoms with Crippen molar-refractivity contribution < 1.29 is 26.5 Å². The van der Waals surface area contributed by atoms with E-state index in [1.807, 2.05) is 0 Å². The first-order valence-corrected chi connectivity index (χ1v) is 5.82. The lowest BCUT2D eigenvalue weighted by molar-refractivity contribution is -0.0546. The van der Waals surface area contributed by atoms with Gasteiger partial charge < -0.3 is 20.7 Å². The lowest BCUT2D eigenvalue weighted by Gasteiger charge is -2.23. The zero-order chi connectivity index (χ0) is 17.6. The van der Waals surface area contributed by atoms with Crippen LogP contribution in [0.15, 0.2) is 11.0 Å². The molecule has 0 radical (unpaired) electrons. The van der Waals surface area contributed by atoms with Gasteiger partial charge in [-0.05, 0) is 17.5 Å². The van der Waals surface area contributed by atoms with Crippen LogP contribution in [0.3, 0.4) is 0 Å². The van der Waals surface area contributed by atoms with Crippen molar-refractivity contribution in [3.63, 3.8) is 0 Å². The third-order valence-corrected chi connectivity index (χ3v) is 3.00. The molecule has 0 aromatic carbocycles. The van der Waals surface area contributed by atoms with Gasteiger partial charge in [0, 0.05) is 5.38 Å². The number of rotatable bonds is 2. The Kier molecular flexibility index (Phi) is 3.44. The Morgan fingerprint density at radius 1 is 1.76 bits per heavy atom. The third-order valence-electron chi connectivity index (χ3n) is 2.90. The van der Waals surface area contributed by atoms with Crippen molar-refractivity contribution in [2.24, 2.45) is 0 Å². The molecule has 2 rings (SSSR count). The number of alkyl halides is 1. The highest BCUT2D eigenvalue weighted by molar-refractivity contribution is 6.30. The zero-order valence-electron chi connectivity index (χ0n) is 12.1. The number of hydrogen-bond acceptors (Lipinski definition) is 6.